The maximum Gasteiger partial charge on any atom is 0.144 e. The molecule has 0 spiro atoms. The molecule has 78 valence electrons. The molecule has 0 amide bonds. The molecule has 0 aromatic carbocycles. The summed E-state index contributed by atoms with van der Waals surface area (Å²) in [7, 11) is 3.31. The topological polar surface area (TPSA) is 31.4 Å². The predicted molar refractivity (Wildman–Crippen MR) is 58.9 cm³/mol. The van der Waals surface area contributed by atoms with Gasteiger partial charge in [0.25, 0.3) is 0 Å². The fraction of sp³-hybridized carbons (Fsp3) is 0.500. The van der Waals surface area contributed by atoms with Crippen molar-refractivity contribution in [3.8, 4) is 5.75 Å². The first-order valence-corrected chi connectivity index (χ1v) is 4.99. The van der Waals surface area contributed by atoms with Crippen molar-refractivity contribution in [2.75, 3.05) is 14.2 Å². The second-order valence-corrected chi connectivity index (χ2v) is 3.29. The number of aryl methyl sites for hydroxylation is 1. The molecule has 1 aromatic heterocycles. The number of nitrogens with zero attached hydrogens (tertiary/aromatic N) is 1. The van der Waals surface area contributed by atoms with E-state index in [1.165, 1.54) is 0 Å². The lowest BCUT2D eigenvalue weighted by Crippen LogP contribution is -2.02. The van der Waals surface area contributed by atoms with Crippen LogP contribution in [0.2, 0.25) is 0 Å². The van der Waals surface area contributed by atoms with Gasteiger partial charge in [0.1, 0.15) is 5.75 Å². The molecule has 1 heterocycles. The van der Waals surface area contributed by atoms with E-state index in [1.54, 1.807) is 14.2 Å². The average molecular weight is 213 g/mol. The zero-order chi connectivity index (χ0) is 10.6. The summed E-state index contributed by atoms with van der Waals surface area (Å²) in [4.78, 5) is 4.24. The van der Waals surface area contributed by atoms with Gasteiger partial charge in [-0.3, -0.25) is 4.98 Å². The van der Waals surface area contributed by atoms with E-state index in [9.17, 15) is 0 Å². The number of rotatable bonds is 4. The number of ether oxygens (including phenoxy) is 2. The molecule has 0 aliphatic carbocycles. The van der Waals surface area contributed by atoms with Gasteiger partial charge < -0.3 is 9.47 Å². The molecule has 14 heavy (non-hydrogen) atoms. The van der Waals surface area contributed by atoms with Crippen molar-refractivity contribution < 1.29 is 9.47 Å². The van der Waals surface area contributed by atoms with Crippen molar-refractivity contribution in [2.24, 2.45) is 0 Å². The molecule has 4 heteroatoms. The van der Waals surface area contributed by atoms with Gasteiger partial charge in [-0.2, -0.15) is 12.6 Å². The molecular formula is C10H15NO2S. The zero-order valence-electron chi connectivity index (χ0n) is 8.70. The predicted octanol–water partition coefficient (Wildman–Crippen LogP) is 1.97. The standard InChI is InChI=1S/C10H15NO2S/c1-7-10(13-3)9(6-14)8(4-11-7)5-12-2/h4,14H,5-6H2,1-3H3. The van der Waals surface area contributed by atoms with Crippen molar-refractivity contribution in [1.82, 2.24) is 4.98 Å². The molecule has 0 aliphatic heterocycles. The van der Waals surface area contributed by atoms with E-state index < -0.39 is 0 Å². The number of hydrogen-bond donors (Lipinski definition) is 1. The van der Waals surface area contributed by atoms with E-state index in [2.05, 4.69) is 17.6 Å². The Balaban J connectivity index is 3.18. The van der Waals surface area contributed by atoms with Gasteiger partial charge in [0, 0.05) is 30.2 Å². The molecule has 0 N–H and O–H groups in total. The number of methoxy groups -OCH3 is 2. The Labute approximate surface area is 89.9 Å². The summed E-state index contributed by atoms with van der Waals surface area (Å²) in [6.07, 6.45) is 1.81. The minimum absolute atomic E-state index is 0.541. The van der Waals surface area contributed by atoms with Gasteiger partial charge in [-0.15, -0.1) is 0 Å². The van der Waals surface area contributed by atoms with Gasteiger partial charge in [-0.25, -0.2) is 0 Å². The Kier molecular flexibility index (Phi) is 4.22. The monoisotopic (exact) mass is 213 g/mol. The van der Waals surface area contributed by atoms with Crippen LogP contribution in [0, 0.1) is 6.92 Å². The molecule has 0 fully saturated rings. The number of aromatic nitrogens is 1. The molecule has 0 unspecified atom stereocenters. The Bertz CT molecular complexity index is 315. The SMILES string of the molecule is COCc1cnc(C)c(OC)c1CS. The van der Waals surface area contributed by atoms with Crippen LogP contribution in [0.5, 0.6) is 5.75 Å². The molecule has 3 nitrogen and oxygen atoms in total. The first-order valence-electron chi connectivity index (χ1n) is 4.35. The van der Waals surface area contributed by atoms with Crippen LogP contribution in [-0.4, -0.2) is 19.2 Å². The van der Waals surface area contributed by atoms with Gasteiger partial charge in [-0.1, -0.05) is 0 Å². The summed E-state index contributed by atoms with van der Waals surface area (Å²) in [6, 6.07) is 0. The number of hydrogen-bond acceptors (Lipinski definition) is 4. The van der Waals surface area contributed by atoms with Crippen LogP contribution < -0.4 is 4.74 Å². The lowest BCUT2D eigenvalue weighted by Gasteiger charge is -2.13. The molecule has 0 bridgehead atoms. The largest absolute Gasteiger partial charge is 0.495 e. The first kappa shape index (κ1) is 11.3. The summed E-state index contributed by atoms with van der Waals surface area (Å²) in [5.74, 6) is 1.44. The Morgan fingerprint density at radius 2 is 2.14 bits per heavy atom. The summed E-state index contributed by atoms with van der Waals surface area (Å²) in [5.41, 5.74) is 2.98. The van der Waals surface area contributed by atoms with Crippen LogP contribution in [0.25, 0.3) is 0 Å². The van der Waals surface area contributed by atoms with E-state index >= 15 is 0 Å². The van der Waals surface area contributed by atoms with Crippen molar-refractivity contribution >= 4 is 12.6 Å². The number of pyridine rings is 1. The van der Waals surface area contributed by atoms with Gasteiger partial charge in [0.2, 0.25) is 0 Å². The summed E-state index contributed by atoms with van der Waals surface area (Å²) < 4.78 is 10.4. The van der Waals surface area contributed by atoms with Crippen molar-refractivity contribution in [3.63, 3.8) is 0 Å². The minimum atomic E-state index is 0.541. The van der Waals surface area contributed by atoms with Crippen molar-refractivity contribution in [2.45, 2.75) is 19.3 Å². The molecule has 1 rings (SSSR count). The fourth-order valence-electron chi connectivity index (χ4n) is 1.40. The molecule has 0 aliphatic rings. The maximum absolute atomic E-state index is 5.29. The van der Waals surface area contributed by atoms with Gasteiger partial charge in [0.15, 0.2) is 0 Å². The molecule has 0 atom stereocenters. The van der Waals surface area contributed by atoms with Crippen LogP contribution >= 0.6 is 12.6 Å². The van der Waals surface area contributed by atoms with E-state index in [4.69, 9.17) is 9.47 Å². The highest BCUT2D eigenvalue weighted by molar-refractivity contribution is 7.79. The third-order valence-corrected chi connectivity index (χ3v) is 2.38. The van der Waals surface area contributed by atoms with E-state index in [0.29, 0.717) is 12.4 Å². The number of thiol groups is 1. The van der Waals surface area contributed by atoms with Crippen LogP contribution in [0.4, 0.5) is 0 Å². The summed E-state index contributed by atoms with van der Waals surface area (Å²) >= 11 is 4.28. The third-order valence-electron chi connectivity index (χ3n) is 2.07. The van der Waals surface area contributed by atoms with Crippen LogP contribution in [0.3, 0.4) is 0 Å². The smallest absolute Gasteiger partial charge is 0.144 e. The van der Waals surface area contributed by atoms with Gasteiger partial charge in [0.05, 0.1) is 19.4 Å². The average Bonchev–Trinajstić information content (AvgIpc) is 2.20. The van der Waals surface area contributed by atoms with E-state index in [1.807, 2.05) is 13.1 Å². The minimum Gasteiger partial charge on any atom is -0.495 e. The molecule has 1 aromatic rings. The molecule has 0 saturated heterocycles. The summed E-state index contributed by atoms with van der Waals surface area (Å²) in [5, 5.41) is 0. The Morgan fingerprint density at radius 1 is 1.43 bits per heavy atom. The molecule has 0 radical (unpaired) electrons. The summed E-state index contributed by atoms with van der Waals surface area (Å²) in [6.45, 7) is 2.46. The van der Waals surface area contributed by atoms with Crippen LogP contribution in [0.15, 0.2) is 6.20 Å². The van der Waals surface area contributed by atoms with Crippen LogP contribution in [-0.2, 0) is 17.1 Å². The Morgan fingerprint density at radius 3 is 2.64 bits per heavy atom. The lowest BCUT2D eigenvalue weighted by molar-refractivity contribution is 0.183. The second-order valence-electron chi connectivity index (χ2n) is 2.97. The van der Waals surface area contributed by atoms with Crippen LogP contribution in [0.1, 0.15) is 16.8 Å². The highest BCUT2D eigenvalue weighted by Gasteiger charge is 2.11. The molecular weight excluding hydrogens is 198 g/mol. The normalized spacial score (nSPS) is 10.3. The molecule has 0 saturated carbocycles. The highest BCUT2D eigenvalue weighted by Crippen LogP contribution is 2.26. The quantitative estimate of drug-likeness (QED) is 0.776. The van der Waals surface area contributed by atoms with E-state index in [-0.39, 0.29) is 0 Å². The van der Waals surface area contributed by atoms with Crippen molar-refractivity contribution in [1.29, 1.82) is 0 Å². The lowest BCUT2D eigenvalue weighted by atomic mass is 10.1. The fourth-order valence-corrected chi connectivity index (χ4v) is 1.75. The maximum atomic E-state index is 5.29. The zero-order valence-corrected chi connectivity index (χ0v) is 9.60. The highest BCUT2D eigenvalue weighted by atomic mass is 32.1. The second kappa shape index (κ2) is 5.22. The Hall–Kier alpha value is -0.740. The van der Waals surface area contributed by atoms with Crippen molar-refractivity contribution in [3.05, 3.63) is 23.0 Å². The third kappa shape index (κ3) is 2.19. The van der Waals surface area contributed by atoms with Gasteiger partial charge in [-0.05, 0) is 6.92 Å². The first-order chi connectivity index (χ1) is 6.74. The van der Waals surface area contributed by atoms with E-state index in [0.717, 1.165) is 22.6 Å². The van der Waals surface area contributed by atoms with Gasteiger partial charge >= 0.3 is 0 Å².